The van der Waals surface area contributed by atoms with Crippen LogP contribution in [0.2, 0.25) is 0 Å². The highest BCUT2D eigenvalue weighted by atomic mass is 127. The van der Waals surface area contributed by atoms with Crippen LogP contribution in [0.1, 0.15) is 65.7 Å². The Morgan fingerprint density at radius 1 is 0.929 bits per heavy atom. The zero-order chi connectivity index (χ0) is 9.95. The number of rotatable bonds is 3. The second-order valence-electron chi connectivity index (χ2n) is 4.70. The molecule has 2 heteroatoms. The van der Waals surface area contributed by atoms with Gasteiger partial charge >= 0.3 is 0 Å². The zero-order valence-corrected chi connectivity index (χ0v) is 12.3. The minimum atomic E-state index is 0. The lowest BCUT2D eigenvalue weighted by Gasteiger charge is -2.51. The van der Waals surface area contributed by atoms with Crippen LogP contribution in [-0.2, 0) is 0 Å². The number of nitrogens with two attached hydrogens (primary N) is 1. The van der Waals surface area contributed by atoms with Gasteiger partial charge in [0.15, 0.2) is 0 Å². The minimum Gasteiger partial charge on any atom is -0.325 e. The summed E-state index contributed by atoms with van der Waals surface area (Å²) in [6, 6.07) is 0. The first-order chi connectivity index (χ1) is 6.14. The van der Waals surface area contributed by atoms with Crippen LogP contribution in [0.25, 0.3) is 0 Å². The van der Waals surface area contributed by atoms with E-state index in [2.05, 4.69) is 20.8 Å². The molecule has 0 radical (unpaired) electrons. The lowest BCUT2D eigenvalue weighted by molar-refractivity contribution is 0.0478. The monoisotopic (exact) mass is 311 g/mol. The molecule has 0 amide bonds. The van der Waals surface area contributed by atoms with Crippen molar-refractivity contribution in [1.29, 1.82) is 0 Å². The lowest BCUT2D eigenvalue weighted by Crippen LogP contribution is -2.56. The summed E-state index contributed by atoms with van der Waals surface area (Å²) in [5.74, 6) is 0. The van der Waals surface area contributed by atoms with Crippen LogP contribution in [0.4, 0.5) is 0 Å². The average Bonchev–Trinajstić information content (AvgIpc) is 2.19. The highest BCUT2D eigenvalue weighted by Crippen LogP contribution is 2.49. The Hall–Kier alpha value is 0.690. The molecule has 0 aromatic carbocycles. The summed E-state index contributed by atoms with van der Waals surface area (Å²) < 4.78 is 0. The fraction of sp³-hybridized carbons (Fsp3) is 1.00. The summed E-state index contributed by atoms with van der Waals surface area (Å²) in [7, 11) is 0. The van der Waals surface area contributed by atoms with Gasteiger partial charge in [-0.05, 0) is 37.5 Å². The van der Waals surface area contributed by atoms with Crippen LogP contribution in [0.3, 0.4) is 0 Å². The molecule has 2 N–H and O–H groups in total. The Balaban J connectivity index is 0.00000169. The van der Waals surface area contributed by atoms with Gasteiger partial charge in [0, 0.05) is 5.54 Å². The molecule has 1 unspecified atom stereocenters. The van der Waals surface area contributed by atoms with Crippen LogP contribution in [0.15, 0.2) is 0 Å². The molecule has 0 heterocycles. The van der Waals surface area contributed by atoms with Crippen molar-refractivity contribution in [2.45, 2.75) is 71.3 Å². The van der Waals surface area contributed by atoms with Crippen LogP contribution in [0, 0.1) is 5.41 Å². The van der Waals surface area contributed by atoms with Crippen molar-refractivity contribution < 1.29 is 0 Å². The van der Waals surface area contributed by atoms with E-state index in [-0.39, 0.29) is 29.5 Å². The molecule has 1 aliphatic carbocycles. The third kappa shape index (κ3) is 2.26. The van der Waals surface area contributed by atoms with E-state index in [0.717, 1.165) is 6.42 Å². The first-order valence-corrected chi connectivity index (χ1v) is 5.93. The minimum absolute atomic E-state index is 0. The molecule has 0 spiro atoms. The van der Waals surface area contributed by atoms with Gasteiger partial charge in [-0.2, -0.15) is 0 Å². The van der Waals surface area contributed by atoms with Crippen molar-refractivity contribution in [1.82, 2.24) is 0 Å². The van der Waals surface area contributed by atoms with Gasteiger partial charge in [-0.15, -0.1) is 24.0 Å². The van der Waals surface area contributed by atoms with Crippen molar-refractivity contribution in [3.8, 4) is 0 Å². The molecule has 1 aliphatic rings. The maximum Gasteiger partial charge on any atom is 0.0208 e. The fourth-order valence-electron chi connectivity index (χ4n) is 3.28. The molecule has 1 nitrogen and oxygen atoms in total. The molecule has 1 fully saturated rings. The molecule has 1 saturated carbocycles. The van der Waals surface area contributed by atoms with E-state index < -0.39 is 0 Å². The molecule has 14 heavy (non-hydrogen) atoms. The maximum absolute atomic E-state index is 6.56. The third-order valence-corrected chi connectivity index (χ3v) is 4.57. The highest BCUT2D eigenvalue weighted by Gasteiger charge is 2.46. The summed E-state index contributed by atoms with van der Waals surface area (Å²) >= 11 is 0. The van der Waals surface area contributed by atoms with Gasteiger partial charge in [0.25, 0.3) is 0 Å². The first kappa shape index (κ1) is 14.7. The molecule has 0 bridgehead atoms. The standard InChI is InChI=1S/C12H25N.HI/c1-4-11(5-2)9-7-8-10-12(11,13)6-3;/h4-10,13H2,1-3H3;1H. The highest BCUT2D eigenvalue weighted by molar-refractivity contribution is 14.0. The molecule has 86 valence electrons. The number of halogens is 1. The topological polar surface area (TPSA) is 26.0 Å². The van der Waals surface area contributed by atoms with E-state index in [1.165, 1.54) is 38.5 Å². The van der Waals surface area contributed by atoms with Gasteiger partial charge in [-0.1, -0.05) is 33.6 Å². The summed E-state index contributed by atoms with van der Waals surface area (Å²) in [6.45, 7) is 6.88. The van der Waals surface area contributed by atoms with E-state index >= 15 is 0 Å². The van der Waals surface area contributed by atoms with Crippen LogP contribution in [-0.4, -0.2) is 5.54 Å². The van der Waals surface area contributed by atoms with Gasteiger partial charge in [-0.25, -0.2) is 0 Å². The van der Waals surface area contributed by atoms with Crippen molar-refractivity contribution in [2.75, 3.05) is 0 Å². The zero-order valence-electron chi connectivity index (χ0n) is 9.94. The van der Waals surface area contributed by atoms with Gasteiger partial charge in [0.2, 0.25) is 0 Å². The summed E-state index contributed by atoms with van der Waals surface area (Å²) in [5.41, 5.74) is 7.14. The fourth-order valence-corrected chi connectivity index (χ4v) is 3.28. The van der Waals surface area contributed by atoms with Gasteiger partial charge in [0.1, 0.15) is 0 Å². The Morgan fingerprint density at radius 3 is 1.79 bits per heavy atom. The summed E-state index contributed by atoms with van der Waals surface area (Å²) in [6.07, 6.45) is 8.98. The molecular formula is C12H26IN. The predicted molar refractivity (Wildman–Crippen MR) is 74.1 cm³/mol. The van der Waals surface area contributed by atoms with E-state index in [1.54, 1.807) is 0 Å². The second kappa shape index (κ2) is 5.69. The van der Waals surface area contributed by atoms with Gasteiger partial charge < -0.3 is 5.73 Å². The number of hydrogen-bond donors (Lipinski definition) is 1. The Morgan fingerprint density at radius 2 is 1.43 bits per heavy atom. The molecule has 0 aromatic rings. The molecule has 0 aromatic heterocycles. The smallest absolute Gasteiger partial charge is 0.0208 e. The molecular weight excluding hydrogens is 285 g/mol. The summed E-state index contributed by atoms with van der Waals surface area (Å²) in [4.78, 5) is 0. The van der Waals surface area contributed by atoms with E-state index in [9.17, 15) is 0 Å². The molecule has 1 rings (SSSR count). The second-order valence-corrected chi connectivity index (χ2v) is 4.70. The SMILES string of the molecule is CCC1(N)CCCCC1(CC)CC.I. The largest absolute Gasteiger partial charge is 0.325 e. The molecule has 0 saturated heterocycles. The van der Waals surface area contributed by atoms with Gasteiger partial charge in [0.05, 0.1) is 0 Å². The average molecular weight is 311 g/mol. The Kier molecular flexibility index (Phi) is 5.97. The lowest BCUT2D eigenvalue weighted by atomic mass is 9.58. The van der Waals surface area contributed by atoms with Crippen LogP contribution in [0.5, 0.6) is 0 Å². The molecule has 1 atom stereocenters. The predicted octanol–water partition coefficient (Wildman–Crippen LogP) is 4.09. The van der Waals surface area contributed by atoms with Crippen molar-refractivity contribution in [3.63, 3.8) is 0 Å². The summed E-state index contributed by atoms with van der Waals surface area (Å²) in [5, 5.41) is 0. The molecule has 0 aliphatic heterocycles. The van der Waals surface area contributed by atoms with E-state index in [4.69, 9.17) is 5.73 Å². The third-order valence-electron chi connectivity index (χ3n) is 4.57. The van der Waals surface area contributed by atoms with Crippen molar-refractivity contribution in [3.05, 3.63) is 0 Å². The van der Waals surface area contributed by atoms with Crippen LogP contribution < -0.4 is 5.73 Å². The quantitative estimate of drug-likeness (QED) is 0.781. The van der Waals surface area contributed by atoms with Crippen molar-refractivity contribution >= 4 is 24.0 Å². The van der Waals surface area contributed by atoms with E-state index in [1.807, 2.05) is 0 Å². The Labute approximate surface area is 106 Å². The van der Waals surface area contributed by atoms with Gasteiger partial charge in [-0.3, -0.25) is 0 Å². The Bertz CT molecular complexity index is 166. The van der Waals surface area contributed by atoms with Crippen molar-refractivity contribution in [2.24, 2.45) is 11.1 Å². The van der Waals surface area contributed by atoms with Crippen LogP contribution >= 0.6 is 24.0 Å². The number of hydrogen-bond acceptors (Lipinski definition) is 1. The van der Waals surface area contributed by atoms with E-state index in [0.29, 0.717) is 5.41 Å². The first-order valence-electron chi connectivity index (χ1n) is 5.93. The maximum atomic E-state index is 6.56. The normalized spacial score (nSPS) is 30.9.